The number of nitrogens with zero attached hydrogens (tertiary/aromatic N) is 1. The van der Waals surface area contributed by atoms with Crippen molar-refractivity contribution >= 4 is 11.8 Å². The van der Waals surface area contributed by atoms with Crippen LogP contribution in [0.4, 0.5) is 0 Å². The van der Waals surface area contributed by atoms with Crippen molar-refractivity contribution in [1.29, 1.82) is 0 Å². The molecule has 34 heavy (non-hydrogen) atoms. The fraction of sp³-hybridized carbons (Fsp3) is 0.310. The van der Waals surface area contributed by atoms with E-state index in [-0.39, 0.29) is 18.2 Å². The maximum atomic E-state index is 13.7. The van der Waals surface area contributed by atoms with Crippen molar-refractivity contribution in [2.45, 2.75) is 45.7 Å². The SMILES string of the molecule is CCCNC(=O)[C@@H](Cc1ccccc1)N(Cc1cccc(C)c1)C(=O)Cc1ccc(OC)cc1. The van der Waals surface area contributed by atoms with E-state index in [2.05, 4.69) is 11.4 Å². The van der Waals surface area contributed by atoms with Crippen LogP contribution in [0.1, 0.15) is 35.6 Å². The summed E-state index contributed by atoms with van der Waals surface area (Å²) in [7, 11) is 1.62. The largest absolute Gasteiger partial charge is 0.497 e. The van der Waals surface area contributed by atoms with Crippen LogP contribution in [-0.2, 0) is 29.0 Å². The zero-order chi connectivity index (χ0) is 24.3. The van der Waals surface area contributed by atoms with Gasteiger partial charge in [-0.25, -0.2) is 0 Å². The molecule has 3 aromatic rings. The van der Waals surface area contributed by atoms with Crippen LogP contribution in [0.25, 0.3) is 0 Å². The highest BCUT2D eigenvalue weighted by molar-refractivity contribution is 5.88. The van der Waals surface area contributed by atoms with Gasteiger partial charge in [0, 0.05) is 19.5 Å². The molecule has 1 atom stereocenters. The van der Waals surface area contributed by atoms with Crippen molar-refractivity contribution in [3.8, 4) is 5.75 Å². The third-order valence-electron chi connectivity index (χ3n) is 5.77. The van der Waals surface area contributed by atoms with Crippen LogP contribution in [-0.4, -0.2) is 36.4 Å². The summed E-state index contributed by atoms with van der Waals surface area (Å²) in [6, 6.07) is 24.8. The molecule has 0 fully saturated rings. The summed E-state index contributed by atoms with van der Waals surface area (Å²) < 4.78 is 5.24. The second kappa shape index (κ2) is 12.6. The summed E-state index contributed by atoms with van der Waals surface area (Å²) in [4.78, 5) is 28.7. The van der Waals surface area contributed by atoms with E-state index in [1.165, 1.54) is 0 Å². The van der Waals surface area contributed by atoms with Gasteiger partial charge in [-0.05, 0) is 42.2 Å². The minimum Gasteiger partial charge on any atom is -0.497 e. The maximum absolute atomic E-state index is 13.7. The van der Waals surface area contributed by atoms with Crippen LogP contribution >= 0.6 is 0 Å². The van der Waals surface area contributed by atoms with Gasteiger partial charge in [-0.2, -0.15) is 0 Å². The van der Waals surface area contributed by atoms with E-state index in [4.69, 9.17) is 4.74 Å². The van der Waals surface area contributed by atoms with Crippen LogP contribution in [0.2, 0.25) is 0 Å². The highest BCUT2D eigenvalue weighted by atomic mass is 16.5. The van der Waals surface area contributed by atoms with Crippen LogP contribution in [0.5, 0.6) is 5.75 Å². The average Bonchev–Trinajstić information content (AvgIpc) is 2.85. The lowest BCUT2D eigenvalue weighted by molar-refractivity contribution is -0.140. The molecule has 0 aliphatic carbocycles. The molecular formula is C29H34N2O3. The predicted octanol–water partition coefficient (Wildman–Crippen LogP) is 4.71. The third kappa shape index (κ3) is 7.20. The van der Waals surface area contributed by atoms with E-state index < -0.39 is 6.04 Å². The number of benzene rings is 3. The van der Waals surface area contributed by atoms with Gasteiger partial charge in [0.1, 0.15) is 11.8 Å². The normalized spacial score (nSPS) is 11.5. The number of hydrogen-bond acceptors (Lipinski definition) is 3. The fourth-order valence-electron chi connectivity index (χ4n) is 3.95. The molecule has 0 saturated carbocycles. The number of methoxy groups -OCH3 is 1. The van der Waals surface area contributed by atoms with Gasteiger partial charge in [0.25, 0.3) is 0 Å². The number of aryl methyl sites for hydroxylation is 1. The van der Waals surface area contributed by atoms with Crippen molar-refractivity contribution in [2.24, 2.45) is 0 Å². The summed E-state index contributed by atoms with van der Waals surface area (Å²) in [6.07, 6.45) is 1.50. The number of ether oxygens (including phenoxy) is 1. The molecule has 0 aromatic heterocycles. The molecule has 1 N–H and O–H groups in total. The molecule has 5 nitrogen and oxygen atoms in total. The first kappa shape index (κ1) is 25.0. The summed E-state index contributed by atoms with van der Waals surface area (Å²) in [5, 5.41) is 3.01. The number of carbonyl (C=O) groups is 2. The van der Waals surface area contributed by atoms with Crippen LogP contribution in [0, 0.1) is 6.92 Å². The Morgan fingerprint density at radius 2 is 1.62 bits per heavy atom. The highest BCUT2D eigenvalue weighted by Crippen LogP contribution is 2.18. The van der Waals surface area contributed by atoms with Crippen molar-refractivity contribution in [2.75, 3.05) is 13.7 Å². The summed E-state index contributed by atoms with van der Waals surface area (Å²) in [5.41, 5.74) is 4.03. The van der Waals surface area contributed by atoms with Gasteiger partial charge in [-0.15, -0.1) is 0 Å². The Kier molecular flexibility index (Phi) is 9.27. The Labute approximate surface area is 202 Å². The molecule has 5 heteroatoms. The Balaban J connectivity index is 1.93. The molecule has 3 rings (SSSR count). The molecule has 178 valence electrons. The molecule has 0 spiro atoms. The van der Waals surface area contributed by atoms with Gasteiger partial charge in [0.15, 0.2) is 0 Å². The molecule has 0 heterocycles. The van der Waals surface area contributed by atoms with Crippen molar-refractivity contribution in [1.82, 2.24) is 10.2 Å². The van der Waals surface area contributed by atoms with Gasteiger partial charge in [0.05, 0.1) is 13.5 Å². The van der Waals surface area contributed by atoms with Crippen molar-refractivity contribution in [3.63, 3.8) is 0 Å². The van der Waals surface area contributed by atoms with E-state index in [9.17, 15) is 9.59 Å². The van der Waals surface area contributed by atoms with Gasteiger partial charge < -0.3 is 15.0 Å². The molecule has 0 saturated heterocycles. The first-order valence-electron chi connectivity index (χ1n) is 11.8. The average molecular weight is 459 g/mol. The highest BCUT2D eigenvalue weighted by Gasteiger charge is 2.30. The van der Waals surface area contributed by atoms with E-state index in [0.717, 1.165) is 34.4 Å². The Morgan fingerprint density at radius 3 is 2.26 bits per heavy atom. The zero-order valence-electron chi connectivity index (χ0n) is 20.3. The first-order chi connectivity index (χ1) is 16.5. The quantitative estimate of drug-likeness (QED) is 0.453. The topological polar surface area (TPSA) is 58.6 Å². The molecule has 0 unspecified atom stereocenters. The summed E-state index contributed by atoms with van der Waals surface area (Å²) in [6.45, 7) is 5.00. The second-order valence-corrected chi connectivity index (χ2v) is 8.53. The van der Waals surface area contributed by atoms with Gasteiger partial charge >= 0.3 is 0 Å². The van der Waals surface area contributed by atoms with Crippen LogP contribution < -0.4 is 10.1 Å². The number of hydrogen-bond donors (Lipinski definition) is 1. The van der Waals surface area contributed by atoms with Gasteiger partial charge in [-0.3, -0.25) is 9.59 Å². The lowest BCUT2D eigenvalue weighted by Gasteiger charge is -2.32. The first-order valence-corrected chi connectivity index (χ1v) is 11.8. The van der Waals surface area contributed by atoms with Crippen molar-refractivity contribution in [3.05, 3.63) is 101 Å². The standard InChI is InChI=1S/C29H34N2O3/c1-4-17-30-29(33)27(19-23-10-6-5-7-11-23)31(21-25-12-8-9-22(2)18-25)28(32)20-24-13-15-26(34-3)16-14-24/h5-16,18,27H,4,17,19-21H2,1-3H3,(H,30,33)/t27-/m1/s1. The lowest BCUT2D eigenvalue weighted by atomic mass is 10.0. The zero-order valence-corrected chi connectivity index (χ0v) is 20.3. The maximum Gasteiger partial charge on any atom is 0.243 e. The smallest absolute Gasteiger partial charge is 0.243 e. The molecule has 0 radical (unpaired) electrons. The Hall–Kier alpha value is -3.60. The van der Waals surface area contributed by atoms with Gasteiger partial charge in [0.2, 0.25) is 11.8 Å². The predicted molar refractivity (Wildman–Crippen MR) is 136 cm³/mol. The number of amides is 2. The van der Waals surface area contributed by atoms with Gasteiger partial charge in [-0.1, -0.05) is 79.2 Å². The van der Waals surface area contributed by atoms with E-state index in [1.54, 1.807) is 12.0 Å². The van der Waals surface area contributed by atoms with Crippen LogP contribution in [0.3, 0.4) is 0 Å². The minimum absolute atomic E-state index is 0.0840. The lowest BCUT2D eigenvalue weighted by Crippen LogP contribution is -2.51. The Bertz CT molecular complexity index is 1060. The van der Waals surface area contributed by atoms with E-state index >= 15 is 0 Å². The third-order valence-corrected chi connectivity index (χ3v) is 5.77. The van der Waals surface area contributed by atoms with Crippen molar-refractivity contribution < 1.29 is 14.3 Å². The van der Waals surface area contributed by atoms with E-state index in [1.807, 2.05) is 86.6 Å². The summed E-state index contributed by atoms with van der Waals surface area (Å²) >= 11 is 0. The second-order valence-electron chi connectivity index (χ2n) is 8.53. The molecule has 3 aromatic carbocycles. The number of nitrogens with one attached hydrogen (secondary N) is 1. The van der Waals surface area contributed by atoms with Crippen LogP contribution in [0.15, 0.2) is 78.9 Å². The number of carbonyl (C=O) groups excluding carboxylic acids is 2. The number of rotatable bonds is 11. The monoisotopic (exact) mass is 458 g/mol. The minimum atomic E-state index is -0.611. The fourth-order valence-corrected chi connectivity index (χ4v) is 3.95. The summed E-state index contributed by atoms with van der Waals surface area (Å²) in [5.74, 6) is 0.536. The molecule has 0 bridgehead atoms. The molecule has 0 aliphatic rings. The Morgan fingerprint density at radius 1 is 0.912 bits per heavy atom. The molecular weight excluding hydrogens is 424 g/mol. The molecule has 0 aliphatic heterocycles. The van der Waals surface area contributed by atoms with E-state index in [0.29, 0.717) is 19.5 Å². The molecule has 2 amide bonds.